The van der Waals surface area contributed by atoms with Gasteiger partial charge >= 0.3 is 0 Å². The number of pyridine rings is 1. The van der Waals surface area contributed by atoms with Crippen molar-refractivity contribution in [2.45, 2.75) is 13.3 Å². The van der Waals surface area contributed by atoms with Crippen molar-refractivity contribution >= 4 is 5.91 Å². The van der Waals surface area contributed by atoms with E-state index in [0.717, 1.165) is 23.3 Å². The Bertz CT molecular complexity index is 1230. The fourth-order valence-electron chi connectivity index (χ4n) is 3.79. The molecule has 0 fully saturated rings. The van der Waals surface area contributed by atoms with Gasteiger partial charge < -0.3 is 14.7 Å². The summed E-state index contributed by atoms with van der Waals surface area (Å²) in [6, 6.07) is 19.5. The van der Waals surface area contributed by atoms with Gasteiger partial charge in [-0.15, -0.1) is 0 Å². The second kappa shape index (κ2) is 9.65. The van der Waals surface area contributed by atoms with Gasteiger partial charge in [-0.3, -0.25) is 19.3 Å². The quantitative estimate of drug-likeness (QED) is 0.566. The first-order valence-corrected chi connectivity index (χ1v) is 10.8. The number of carbonyl (C=O) groups excluding carboxylic acids is 1. The Morgan fingerprint density at radius 2 is 1.79 bits per heavy atom. The molecule has 0 radical (unpaired) electrons. The molecule has 2 heterocycles. The van der Waals surface area contributed by atoms with Crippen LogP contribution in [0.2, 0.25) is 0 Å². The van der Waals surface area contributed by atoms with Crippen LogP contribution in [0.5, 0.6) is 11.5 Å². The SMILES string of the molecule is C/C(=C/CN1CN(C)n2ccc(=O)c(O)c2C1=O)COc1ccccc1Cc1ccccc1. The molecule has 0 spiro atoms. The largest absolute Gasteiger partial charge is 0.502 e. The number of benzene rings is 2. The van der Waals surface area contributed by atoms with Crippen molar-refractivity contribution in [1.82, 2.24) is 9.58 Å². The normalized spacial score (nSPS) is 13.8. The number of aromatic nitrogens is 1. The summed E-state index contributed by atoms with van der Waals surface area (Å²) in [4.78, 5) is 26.2. The van der Waals surface area contributed by atoms with Crippen LogP contribution in [0.4, 0.5) is 0 Å². The average molecular weight is 446 g/mol. The van der Waals surface area contributed by atoms with E-state index in [-0.39, 0.29) is 11.6 Å². The van der Waals surface area contributed by atoms with E-state index < -0.39 is 11.2 Å². The number of fused-ring (bicyclic) bond motifs is 1. The molecule has 0 aliphatic carbocycles. The molecular formula is C26H27N3O4. The molecule has 33 heavy (non-hydrogen) atoms. The van der Waals surface area contributed by atoms with Crippen molar-refractivity contribution in [2.75, 3.05) is 31.9 Å². The van der Waals surface area contributed by atoms with Crippen LogP contribution in [0, 0.1) is 0 Å². The lowest BCUT2D eigenvalue weighted by Gasteiger charge is -2.37. The van der Waals surface area contributed by atoms with Crippen molar-refractivity contribution in [2.24, 2.45) is 0 Å². The second-order valence-corrected chi connectivity index (χ2v) is 8.16. The summed E-state index contributed by atoms with van der Waals surface area (Å²) in [7, 11) is 1.79. The fourth-order valence-corrected chi connectivity index (χ4v) is 3.79. The Kier molecular flexibility index (Phi) is 6.49. The molecule has 4 rings (SSSR count). The maximum Gasteiger partial charge on any atom is 0.278 e. The second-order valence-electron chi connectivity index (χ2n) is 8.16. The number of hydrogen-bond donors (Lipinski definition) is 1. The van der Waals surface area contributed by atoms with E-state index in [1.54, 1.807) is 17.0 Å². The van der Waals surface area contributed by atoms with Gasteiger partial charge in [0.1, 0.15) is 19.0 Å². The Morgan fingerprint density at radius 3 is 2.58 bits per heavy atom. The zero-order chi connectivity index (χ0) is 23.4. The molecule has 1 N–H and O–H groups in total. The number of carbonyl (C=O) groups is 1. The van der Waals surface area contributed by atoms with E-state index in [1.807, 2.05) is 49.4 Å². The highest BCUT2D eigenvalue weighted by Gasteiger charge is 2.30. The third-order valence-electron chi connectivity index (χ3n) is 5.61. The molecule has 0 saturated heterocycles. The van der Waals surface area contributed by atoms with Gasteiger partial charge in [-0.2, -0.15) is 0 Å². The summed E-state index contributed by atoms with van der Waals surface area (Å²) in [5, 5.41) is 11.9. The van der Waals surface area contributed by atoms with Crippen LogP contribution in [0.15, 0.2) is 83.3 Å². The van der Waals surface area contributed by atoms with Crippen molar-refractivity contribution in [3.8, 4) is 11.5 Å². The monoisotopic (exact) mass is 445 g/mol. The minimum Gasteiger partial charge on any atom is -0.502 e. The van der Waals surface area contributed by atoms with Gasteiger partial charge in [0.05, 0.1) is 0 Å². The van der Waals surface area contributed by atoms with E-state index in [4.69, 9.17) is 4.74 Å². The van der Waals surface area contributed by atoms with Gasteiger partial charge in [-0.05, 0) is 29.7 Å². The van der Waals surface area contributed by atoms with E-state index >= 15 is 0 Å². The highest BCUT2D eigenvalue weighted by Crippen LogP contribution is 2.22. The molecular weight excluding hydrogens is 418 g/mol. The maximum atomic E-state index is 12.9. The molecule has 7 nitrogen and oxygen atoms in total. The van der Waals surface area contributed by atoms with E-state index in [1.165, 1.54) is 22.5 Å². The zero-order valence-electron chi connectivity index (χ0n) is 18.8. The van der Waals surface area contributed by atoms with Gasteiger partial charge in [0.2, 0.25) is 5.43 Å². The molecule has 1 aromatic heterocycles. The summed E-state index contributed by atoms with van der Waals surface area (Å²) < 4.78 is 7.58. The van der Waals surface area contributed by atoms with Crippen molar-refractivity contribution in [1.29, 1.82) is 0 Å². The van der Waals surface area contributed by atoms with Crippen molar-refractivity contribution < 1.29 is 14.6 Å². The maximum absolute atomic E-state index is 12.9. The highest BCUT2D eigenvalue weighted by molar-refractivity contribution is 5.96. The molecule has 0 bridgehead atoms. The van der Waals surface area contributed by atoms with Gasteiger partial charge in [-0.1, -0.05) is 54.6 Å². The number of aromatic hydroxyl groups is 1. The smallest absolute Gasteiger partial charge is 0.278 e. The van der Waals surface area contributed by atoms with Crippen LogP contribution >= 0.6 is 0 Å². The minimum absolute atomic E-state index is 0.0200. The summed E-state index contributed by atoms with van der Waals surface area (Å²) in [6.07, 6.45) is 4.21. The van der Waals surface area contributed by atoms with E-state index in [2.05, 4.69) is 18.2 Å². The number of hydrogen-bond acceptors (Lipinski definition) is 5. The Balaban J connectivity index is 1.41. The van der Waals surface area contributed by atoms with Crippen molar-refractivity contribution in [3.05, 3.63) is 106 Å². The van der Waals surface area contributed by atoms with Crippen LogP contribution < -0.4 is 15.2 Å². The Hall–Kier alpha value is -4.00. The molecule has 1 aliphatic heterocycles. The number of ether oxygens (including phenoxy) is 1. The molecule has 0 unspecified atom stereocenters. The zero-order valence-corrected chi connectivity index (χ0v) is 18.8. The molecule has 2 aromatic carbocycles. The molecule has 0 saturated carbocycles. The third kappa shape index (κ3) is 4.92. The molecule has 170 valence electrons. The Labute approximate surface area is 192 Å². The number of para-hydroxylation sites is 1. The minimum atomic E-state index is -0.570. The fraction of sp³-hybridized carbons (Fsp3) is 0.231. The Morgan fingerprint density at radius 1 is 1.06 bits per heavy atom. The van der Waals surface area contributed by atoms with Gasteiger partial charge in [0, 0.05) is 32.3 Å². The topological polar surface area (TPSA) is 75.0 Å². The number of amides is 1. The summed E-state index contributed by atoms with van der Waals surface area (Å²) >= 11 is 0. The van der Waals surface area contributed by atoms with Gasteiger partial charge in [-0.25, -0.2) is 0 Å². The summed E-state index contributed by atoms with van der Waals surface area (Å²) in [6.45, 7) is 3.02. The molecule has 7 heteroatoms. The molecule has 3 aromatic rings. The lowest BCUT2D eigenvalue weighted by atomic mass is 10.0. The van der Waals surface area contributed by atoms with Crippen LogP contribution in [0.1, 0.15) is 28.5 Å². The standard InChI is InChI=1S/C26H27N3O4/c1-19(17-33-23-11-7-6-10-21(23)16-20-8-4-3-5-9-20)12-14-28-18-27(2)29-15-13-22(30)25(31)24(29)26(28)32/h3-13,15,31H,14,16-18H2,1-2H3/b19-12-. The van der Waals surface area contributed by atoms with Crippen LogP contribution in [0.3, 0.4) is 0 Å². The van der Waals surface area contributed by atoms with Crippen LogP contribution in [-0.4, -0.2) is 47.5 Å². The van der Waals surface area contributed by atoms with Crippen molar-refractivity contribution in [3.63, 3.8) is 0 Å². The molecule has 0 atom stereocenters. The highest BCUT2D eigenvalue weighted by atomic mass is 16.5. The first-order valence-electron chi connectivity index (χ1n) is 10.8. The van der Waals surface area contributed by atoms with Crippen LogP contribution in [-0.2, 0) is 6.42 Å². The molecule has 1 amide bonds. The predicted molar refractivity (Wildman–Crippen MR) is 127 cm³/mol. The summed E-state index contributed by atoms with van der Waals surface area (Å²) in [5.41, 5.74) is 2.71. The lowest BCUT2D eigenvalue weighted by molar-refractivity contribution is 0.0714. The third-order valence-corrected chi connectivity index (χ3v) is 5.61. The summed E-state index contributed by atoms with van der Waals surface area (Å²) in [5.74, 6) is -0.0827. The van der Waals surface area contributed by atoms with E-state index in [9.17, 15) is 14.7 Å². The van der Waals surface area contributed by atoms with Gasteiger partial charge in [0.25, 0.3) is 5.91 Å². The first kappa shape index (κ1) is 22.2. The average Bonchev–Trinajstić information content (AvgIpc) is 2.82. The van der Waals surface area contributed by atoms with Crippen LogP contribution in [0.25, 0.3) is 0 Å². The van der Waals surface area contributed by atoms with Gasteiger partial charge in [0.15, 0.2) is 11.4 Å². The van der Waals surface area contributed by atoms with E-state index in [0.29, 0.717) is 19.8 Å². The predicted octanol–water partition coefficient (Wildman–Crippen LogP) is 3.15. The first-order chi connectivity index (χ1) is 15.9. The lowest BCUT2D eigenvalue weighted by Crippen LogP contribution is -2.52. The molecule has 1 aliphatic rings. The number of nitrogens with zero attached hydrogens (tertiary/aromatic N) is 3. The number of rotatable bonds is 7.